The molecular weight excluding hydrogens is 243 g/mol. The van der Waals surface area contributed by atoms with Gasteiger partial charge in [0.25, 0.3) is 5.91 Å². The summed E-state index contributed by atoms with van der Waals surface area (Å²) >= 11 is 0. The van der Waals surface area contributed by atoms with Gasteiger partial charge in [-0.15, -0.1) is 0 Å². The Morgan fingerprint density at radius 1 is 1.33 bits per heavy atom. The summed E-state index contributed by atoms with van der Waals surface area (Å²) in [5.74, 6) is -2.09. The first-order valence-corrected chi connectivity index (χ1v) is 4.87. The molecule has 0 aromatic carbocycles. The van der Waals surface area contributed by atoms with Crippen molar-refractivity contribution in [2.45, 2.75) is 18.0 Å². The van der Waals surface area contributed by atoms with Crippen molar-refractivity contribution in [2.75, 3.05) is 0 Å². The van der Waals surface area contributed by atoms with Crippen LogP contribution in [0.25, 0.3) is 0 Å². The van der Waals surface area contributed by atoms with Gasteiger partial charge in [-0.2, -0.15) is 21.6 Å². The summed E-state index contributed by atoms with van der Waals surface area (Å²) in [6.07, 6.45) is -2.68. The van der Waals surface area contributed by atoms with Gasteiger partial charge >= 0.3 is 15.6 Å². The van der Waals surface area contributed by atoms with Crippen LogP contribution in [0, 0.1) is 0 Å². The number of carbonyl (C=O) groups excluding carboxylic acids is 2. The van der Waals surface area contributed by atoms with Crippen LogP contribution in [0.3, 0.4) is 0 Å². The van der Waals surface area contributed by atoms with Crippen LogP contribution in [0.1, 0.15) is 6.42 Å². The molecule has 10 heteroatoms. The minimum absolute atomic E-state index is 0.742. The lowest BCUT2D eigenvalue weighted by Crippen LogP contribution is -2.34. The Kier molecular flexibility index (Phi) is 2.74. The van der Waals surface area contributed by atoms with Crippen molar-refractivity contribution in [2.24, 2.45) is 0 Å². The van der Waals surface area contributed by atoms with Crippen LogP contribution in [-0.4, -0.2) is 31.8 Å². The molecule has 1 atom stereocenters. The molecule has 1 fully saturated rings. The first kappa shape index (κ1) is 11.9. The largest absolute Gasteiger partial charge is 0.523 e. The van der Waals surface area contributed by atoms with E-state index in [0.717, 1.165) is 0 Å². The molecule has 0 radical (unpaired) electrons. The predicted molar refractivity (Wildman–Crippen MR) is 37.6 cm³/mol. The zero-order valence-electron chi connectivity index (χ0n) is 6.87. The maximum atomic E-state index is 11.8. The number of hydrogen-bond donors (Lipinski definition) is 1. The molecule has 6 nitrogen and oxygen atoms in total. The van der Waals surface area contributed by atoms with E-state index in [1.165, 1.54) is 0 Å². The van der Waals surface area contributed by atoms with Gasteiger partial charge in [0.05, 0.1) is 6.42 Å². The molecule has 0 aliphatic carbocycles. The van der Waals surface area contributed by atoms with Crippen LogP contribution in [0.5, 0.6) is 0 Å². The molecular formula is C5H4F3NO5S. The summed E-state index contributed by atoms with van der Waals surface area (Å²) in [5.41, 5.74) is -5.61. The molecule has 0 saturated carbocycles. The van der Waals surface area contributed by atoms with Crippen molar-refractivity contribution < 1.29 is 35.4 Å². The van der Waals surface area contributed by atoms with E-state index in [4.69, 9.17) is 0 Å². The Morgan fingerprint density at radius 2 is 1.87 bits per heavy atom. The Labute approximate surface area is 81.5 Å². The summed E-state index contributed by atoms with van der Waals surface area (Å²) in [6, 6.07) is 0. The second-order valence-electron chi connectivity index (χ2n) is 2.60. The average Bonchev–Trinajstić information content (AvgIpc) is 2.26. The van der Waals surface area contributed by atoms with E-state index in [0.29, 0.717) is 0 Å². The first-order chi connectivity index (χ1) is 6.63. The molecule has 1 N–H and O–H groups in total. The quantitative estimate of drug-likeness (QED) is 0.394. The second-order valence-corrected chi connectivity index (χ2v) is 4.16. The van der Waals surface area contributed by atoms with Gasteiger partial charge in [0, 0.05) is 0 Å². The summed E-state index contributed by atoms with van der Waals surface area (Å²) in [5, 5.41) is 1.61. The molecule has 1 aliphatic rings. The van der Waals surface area contributed by atoms with Gasteiger partial charge in [-0.3, -0.25) is 14.9 Å². The van der Waals surface area contributed by atoms with E-state index in [2.05, 4.69) is 4.18 Å². The highest BCUT2D eigenvalue weighted by Gasteiger charge is 2.50. The van der Waals surface area contributed by atoms with Crippen LogP contribution in [0.2, 0.25) is 0 Å². The molecule has 0 aromatic rings. The fourth-order valence-electron chi connectivity index (χ4n) is 0.815. The van der Waals surface area contributed by atoms with Crippen molar-refractivity contribution in [1.29, 1.82) is 0 Å². The maximum absolute atomic E-state index is 11.8. The zero-order valence-corrected chi connectivity index (χ0v) is 7.68. The number of rotatable bonds is 2. The number of carbonyl (C=O) groups is 2. The van der Waals surface area contributed by atoms with Crippen molar-refractivity contribution in [3.8, 4) is 0 Å². The van der Waals surface area contributed by atoms with Gasteiger partial charge in [-0.1, -0.05) is 0 Å². The lowest BCUT2D eigenvalue weighted by atomic mass is 10.3. The van der Waals surface area contributed by atoms with Crippen molar-refractivity contribution in [3.63, 3.8) is 0 Å². The molecule has 15 heavy (non-hydrogen) atoms. The van der Waals surface area contributed by atoms with E-state index >= 15 is 0 Å². The molecule has 1 aliphatic heterocycles. The minimum atomic E-state index is -5.85. The van der Waals surface area contributed by atoms with Crippen LogP contribution in [0.4, 0.5) is 13.2 Å². The number of alkyl halides is 3. The molecule has 1 saturated heterocycles. The summed E-state index contributed by atoms with van der Waals surface area (Å²) < 4.78 is 59.7. The van der Waals surface area contributed by atoms with Gasteiger partial charge in [0.1, 0.15) is 0 Å². The van der Waals surface area contributed by atoms with Gasteiger partial charge in [0.15, 0.2) is 6.10 Å². The normalized spacial score (nSPS) is 23.0. The fraction of sp³-hybridized carbons (Fsp3) is 0.600. The second kappa shape index (κ2) is 3.45. The van der Waals surface area contributed by atoms with E-state index in [-0.39, 0.29) is 0 Å². The molecule has 1 unspecified atom stereocenters. The van der Waals surface area contributed by atoms with Gasteiger partial charge in [0.2, 0.25) is 5.91 Å². The Bertz CT molecular complexity index is 399. The third kappa shape index (κ3) is 2.45. The predicted octanol–water partition coefficient (Wildman–Crippen LogP) is -0.732. The Balaban J connectivity index is 2.80. The monoisotopic (exact) mass is 247 g/mol. The Hall–Kier alpha value is -1.16. The highest BCUT2D eigenvalue weighted by molar-refractivity contribution is 7.87. The minimum Gasteiger partial charge on any atom is -0.294 e. The number of nitrogens with one attached hydrogen (secondary N) is 1. The fourth-order valence-corrected chi connectivity index (χ4v) is 1.39. The van der Waals surface area contributed by atoms with Gasteiger partial charge in [-0.05, 0) is 0 Å². The van der Waals surface area contributed by atoms with Crippen molar-refractivity contribution in [1.82, 2.24) is 5.32 Å². The third-order valence-electron chi connectivity index (χ3n) is 1.45. The number of hydrogen-bond acceptors (Lipinski definition) is 5. The van der Waals surface area contributed by atoms with Gasteiger partial charge in [-0.25, -0.2) is 4.18 Å². The maximum Gasteiger partial charge on any atom is 0.523 e. The molecule has 2 amide bonds. The van der Waals surface area contributed by atoms with Crippen LogP contribution in [0.15, 0.2) is 0 Å². The topological polar surface area (TPSA) is 89.5 Å². The first-order valence-electron chi connectivity index (χ1n) is 3.47. The number of halogens is 3. The summed E-state index contributed by atoms with van der Waals surface area (Å²) in [7, 11) is -5.85. The Morgan fingerprint density at radius 3 is 2.20 bits per heavy atom. The summed E-state index contributed by atoms with van der Waals surface area (Å²) in [6.45, 7) is 0. The van der Waals surface area contributed by atoms with Crippen LogP contribution in [-0.2, 0) is 23.9 Å². The van der Waals surface area contributed by atoms with E-state index < -0.39 is 40.0 Å². The standard InChI is InChI=1S/C5H4F3NO5S/c6-5(7,8)15(12,13)14-2-1-3(10)9-4(2)11/h2H,1H2,(H,9,10,11). The van der Waals surface area contributed by atoms with E-state index in [9.17, 15) is 31.2 Å². The molecule has 1 rings (SSSR count). The van der Waals surface area contributed by atoms with Gasteiger partial charge < -0.3 is 0 Å². The molecule has 1 heterocycles. The van der Waals surface area contributed by atoms with Crippen molar-refractivity contribution >= 4 is 21.9 Å². The van der Waals surface area contributed by atoms with Crippen LogP contribution >= 0.6 is 0 Å². The zero-order chi connectivity index (χ0) is 11.9. The molecule has 0 bridgehead atoms. The number of amides is 2. The molecule has 86 valence electrons. The SMILES string of the molecule is O=C1CC(OS(=O)(=O)C(F)(F)F)C(=O)N1. The van der Waals surface area contributed by atoms with Crippen molar-refractivity contribution in [3.05, 3.63) is 0 Å². The van der Waals surface area contributed by atoms with Crippen LogP contribution < -0.4 is 5.32 Å². The average molecular weight is 247 g/mol. The number of imide groups is 1. The van der Waals surface area contributed by atoms with E-state index in [1.807, 2.05) is 0 Å². The third-order valence-corrected chi connectivity index (χ3v) is 2.50. The summed E-state index contributed by atoms with van der Waals surface area (Å²) in [4.78, 5) is 21.2. The molecule has 0 aromatic heterocycles. The smallest absolute Gasteiger partial charge is 0.294 e. The highest BCUT2D eigenvalue weighted by atomic mass is 32.2. The lowest BCUT2D eigenvalue weighted by Gasteiger charge is -2.10. The molecule has 0 spiro atoms. The lowest BCUT2D eigenvalue weighted by molar-refractivity contribution is -0.127. The van der Waals surface area contributed by atoms with E-state index in [1.54, 1.807) is 5.32 Å². The highest BCUT2D eigenvalue weighted by Crippen LogP contribution is 2.26.